The van der Waals surface area contributed by atoms with Crippen molar-refractivity contribution in [2.24, 2.45) is 0 Å². The Morgan fingerprint density at radius 1 is 1.24 bits per heavy atom. The Morgan fingerprint density at radius 2 is 1.94 bits per heavy atom. The molecule has 17 heavy (non-hydrogen) atoms. The van der Waals surface area contributed by atoms with E-state index in [4.69, 9.17) is 5.26 Å². The van der Waals surface area contributed by atoms with Gasteiger partial charge >= 0.3 is 0 Å². The summed E-state index contributed by atoms with van der Waals surface area (Å²) in [4.78, 5) is 0.425. The molecule has 0 saturated carbocycles. The monoisotopic (exact) mass is 251 g/mol. The molecular formula is C13H17NO2S. The molecule has 4 heteroatoms. The fourth-order valence-electron chi connectivity index (χ4n) is 1.65. The first-order valence-electron chi connectivity index (χ1n) is 5.64. The second kappa shape index (κ2) is 5.83. The molecule has 0 fully saturated rings. The number of nitriles is 1. The summed E-state index contributed by atoms with van der Waals surface area (Å²) in [6.07, 6.45) is 1.60. The van der Waals surface area contributed by atoms with E-state index in [0.29, 0.717) is 24.2 Å². The first-order valence-corrected chi connectivity index (χ1v) is 7.29. The molecule has 0 amide bonds. The van der Waals surface area contributed by atoms with Gasteiger partial charge in [-0.3, -0.25) is 0 Å². The van der Waals surface area contributed by atoms with Crippen molar-refractivity contribution in [2.45, 2.75) is 38.0 Å². The molecule has 1 rings (SSSR count). The summed E-state index contributed by atoms with van der Waals surface area (Å²) in [5.74, 6) is 0.124. The minimum atomic E-state index is -3.20. The van der Waals surface area contributed by atoms with Crippen molar-refractivity contribution in [2.75, 3.05) is 5.75 Å². The maximum absolute atomic E-state index is 12.1. The molecule has 0 saturated heterocycles. The lowest BCUT2D eigenvalue weighted by molar-refractivity contribution is 0.591. The van der Waals surface area contributed by atoms with E-state index in [1.165, 1.54) is 0 Å². The van der Waals surface area contributed by atoms with Crippen molar-refractivity contribution < 1.29 is 8.42 Å². The van der Waals surface area contributed by atoms with Gasteiger partial charge in [-0.2, -0.15) is 5.26 Å². The molecule has 0 radical (unpaired) electrons. The van der Waals surface area contributed by atoms with Gasteiger partial charge in [0.2, 0.25) is 0 Å². The third-order valence-electron chi connectivity index (χ3n) is 2.63. The summed E-state index contributed by atoms with van der Waals surface area (Å²) >= 11 is 0. The average Bonchev–Trinajstić information content (AvgIpc) is 2.28. The first kappa shape index (κ1) is 13.7. The quantitative estimate of drug-likeness (QED) is 0.756. The fourth-order valence-corrected chi connectivity index (χ4v) is 3.38. The molecule has 0 N–H and O–H groups in total. The van der Waals surface area contributed by atoms with Gasteiger partial charge in [0, 0.05) is 6.42 Å². The molecule has 0 aliphatic carbocycles. The van der Waals surface area contributed by atoms with Crippen LogP contribution in [0.3, 0.4) is 0 Å². The molecular weight excluding hydrogens is 234 g/mol. The molecule has 0 unspecified atom stereocenters. The molecule has 1 aromatic rings. The molecule has 0 heterocycles. The molecule has 0 bridgehead atoms. The largest absolute Gasteiger partial charge is 0.224 e. The highest BCUT2D eigenvalue weighted by molar-refractivity contribution is 7.91. The van der Waals surface area contributed by atoms with Gasteiger partial charge in [-0.1, -0.05) is 12.1 Å². The van der Waals surface area contributed by atoms with Crippen LogP contribution in [0.2, 0.25) is 0 Å². The maximum Gasteiger partial charge on any atom is 0.178 e. The number of nitrogens with zero attached hydrogens (tertiary/aromatic N) is 1. The van der Waals surface area contributed by atoms with Crippen molar-refractivity contribution >= 4 is 9.84 Å². The van der Waals surface area contributed by atoms with Crippen LogP contribution in [0.5, 0.6) is 0 Å². The van der Waals surface area contributed by atoms with Gasteiger partial charge in [0.15, 0.2) is 9.84 Å². The Balaban J connectivity index is 2.83. The Labute approximate surface area is 103 Å². The van der Waals surface area contributed by atoms with Gasteiger partial charge in [-0.25, -0.2) is 8.42 Å². The highest BCUT2D eigenvalue weighted by atomic mass is 32.2. The predicted octanol–water partition coefficient (Wildman–Crippen LogP) is 2.77. The Morgan fingerprint density at radius 3 is 2.59 bits per heavy atom. The van der Waals surface area contributed by atoms with Crippen LogP contribution in [0, 0.1) is 25.2 Å². The molecule has 0 spiro atoms. The third kappa shape index (κ3) is 3.86. The van der Waals surface area contributed by atoms with Crippen LogP contribution in [0.25, 0.3) is 0 Å². The number of sulfone groups is 1. The summed E-state index contributed by atoms with van der Waals surface area (Å²) in [5.41, 5.74) is 1.74. The van der Waals surface area contributed by atoms with Crippen LogP contribution in [-0.4, -0.2) is 14.2 Å². The standard InChI is InChI=1S/C13H17NO2S/c1-11-6-7-12(2)13(10-11)17(15,16)9-5-3-4-8-14/h6-7,10H,3-5,9H2,1-2H3. The van der Waals surface area contributed by atoms with Gasteiger partial charge in [0.25, 0.3) is 0 Å². The Hall–Kier alpha value is -1.34. The highest BCUT2D eigenvalue weighted by Crippen LogP contribution is 2.19. The summed E-state index contributed by atoms with van der Waals surface area (Å²) in [6.45, 7) is 3.69. The van der Waals surface area contributed by atoms with Crippen molar-refractivity contribution in [3.63, 3.8) is 0 Å². The first-order chi connectivity index (χ1) is 7.97. The van der Waals surface area contributed by atoms with E-state index < -0.39 is 9.84 Å². The van der Waals surface area contributed by atoms with E-state index in [-0.39, 0.29) is 5.75 Å². The normalized spacial score (nSPS) is 11.1. The minimum Gasteiger partial charge on any atom is -0.224 e. The maximum atomic E-state index is 12.1. The van der Waals surface area contributed by atoms with Crippen LogP contribution >= 0.6 is 0 Å². The lowest BCUT2D eigenvalue weighted by Gasteiger charge is -2.08. The zero-order chi connectivity index (χ0) is 12.9. The van der Waals surface area contributed by atoms with E-state index in [1.54, 1.807) is 6.07 Å². The summed E-state index contributed by atoms with van der Waals surface area (Å²) in [5, 5.41) is 8.39. The second-order valence-electron chi connectivity index (χ2n) is 4.20. The minimum absolute atomic E-state index is 0.124. The average molecular weight is 251 g/mol. The molecule has 0 atom stereocenters. The SMILES string of the molecule is Cc1ccc(C)c(S(=O)(=O)CCCCC#N)c1. The molecule has 3 nitrogen and oxygen atoms in total. The Kier molecular flexibility index (Phi) is 4.71. The molecule has 0 aliphatic rings. The van der Waals surface area contributed by atoms with Crippen molar-refractivity contribution in [3.8, 4) is 6.07 Å². The van der Waals surface area contributed by atoms with Crippen LogP contribution in [0.1, 0.15) is 30.4 Å². The topological polar surface area (TPSA) is 57.9 Å². The van der Waals surface area contributed by atoms with E-state index in [2.05, 4.69) is 0 Å². The zero-order valence-corrected chi connectivity index (χ0v) is 11.0. The number of hydrogen-bond acceptors (Lipinski definition) is 3. The lowest BCUT2D eigenvalue weighted by Crippen LogP contribution is -2.08. The molecule has 0 aliphatic heterocycles. The van der Waals surface area contributed by atoms with E-state index >= 15 is 0 Å². The number of unbranched alkanes of at least 4 members (excludes halogenated alkanes) is 2. The number of aryl methyl sites for hydroxylation is 2. The van der Waals surface area contributed by atoms with E-state index in [0.717, 1.165) is 11.1 Å². The summed E-state index contributed by atoms with van der Waals surface area (Å²) in [7, 11) is -3.20. The van der Waals surface area contributed by atoms with Gasteiger partial charge in [-0.15, -0.1) is 0 Å². The van der Waals surface area contributed by atoms with Gasteiger partial charge in [-0.05, 0) is 43.9 Å². The second-order valence-corrected chi connectivity index (χ2v) is 6.28. The van der Waals surface area contributed by atoms with Gasteiger partial charge in [0.1, 0.15) is 0 Å². The van der Waals surface area contributed by atoms with E-state index in [1.807, 2.05) is 32.0 Å². The number of benzene rings is 1. The molecule has 92 valence electrons. The predicted molar refractivity (Wildman–Crippen MR) is 67.4 cm³/mol. The smallest absolute Gasteiger partial charge is 0.178 e. The summed E-state index contributed by atoms with van der Waals surface area (Å²) in [6, 6.07) is 7.47. The van der Waals surface area contributed by atoms with Crippen LogP contribution in [0.15, 0.2) is 23.1 Å². The van der Waals surface area contributed by atoms with Crippen molar-refractivity contribution in [1.29, 1.82) is 5.26 Å². The fraction of sp³-hybridized carbons (Fsp3) is 0.462. The third-order valence-corrected chi connectivity index (χ3v) is 4.57. The van der Waals surface area contributed by atoms with Crippen LogP contribution < -0.4 is 0 Å². The highest BCUT2D eigenvalue weighted by Gasteiger charge is 2.16. The zero-order valence-electron chi connectivity index (χ0n) is 10.2. The molecule has 0 aromatic heterocycles. The summed E-state index contributed by atoms with van der Waals surface area (Å²) < 4.78 is 24.2. The number of rotatable bonds is 5. The number of hydrogen-bond donors (Lipinski definition) is 0. The lowest BCUT2D eigenvalue weighted by atomic mass is 10.2. The van der Waals surface area contributed by atoms with Crippen LogP contribution in [0.4, 0.5) is 0 Å². The van der Waals surface area contributed by atoms with Gasteiger partial charge in [0.05, 0.1) is 16.7 Å². The Bertz CT molecular complexity index is 527. The van der Waals surface area contributed by atoms with Gasteiger partial charge < -0.3 is 0 Å². The van der Waals surface area contributed by atoms with Crippen LogP contribution in [-0.2, 0) is 9.84 Å². The van der Waals surface area contributed by atoms with Crippen molar-refractivity contribution in [3.05, 3.63) is 29.3 Å². The van der Waals surface area contributed by atoms with E-state index in [9.17, 15) is 8.42 Å². The van der Waals surface area contributed by atoms with Crippen molar-refractivity contribution in [1.82, 2.24) is 0 Å². The molecule has 1 aromatic carbocycles.